The van der Waals surface area contributed by atoms with Crippen LogP contribution in [0, 0.1) is 0 Å². The number of carboxylic acids is 1. The second kappa shape index (κ2) is 8.39. The fourth-order valence-corrected chi connectivity index (χ4v) is 3.57. The third-order valence-electron chi connectivity index (χ3n) is 4.67. The Hall–Kier alpha value is -3.00. The molecule has 2 aromatic carbocycles. The summed E-state index contributed by atoms with van der Waals surface area (Å²) in [5.41, 5.74) is 0.870. The number of hydrogen-bond acceptors (Lipinski definition) is 5. The zero-order valence-electron chi connectivity index (χ0n) is 17.2. The van der Waals surface area contributed by atoms with Gasteiger partial charge in [-0.2, -0.15) is 8.42 Å². The minimum atomic E-state index is -3.55. The minimum absolute atomic E-state index is 0.302. The van der Waals surface area contributed by atoms with Gasteiger partial charge in [-0.3, -0.25) is 0 Å². The van der Waals surface area contributed by atoms with Crippen molar-refractivity contribution in [2.75, 3.05) is 6.26 Å². The highest BCUT2D eigenvalue weighted by Crippen LogP contribution is 2.24. The average Bonchev–Trinajstić information content (AvgIpc) is 3.04. The van der Waals surface area contributed by atoms with E-state index in [9.17, 15) is 13.2 Å². The van der Waals surface area contributed by atoms with Crippen LogP contribution in [0.1, 0.15) is 25.8 Å². The fraction of sp³-hybridized carbons (Fsp3) is 0.318. The molecule has 1 N–H and O–H groups in total. The van der Waals surface area contributed by atoms with E-state index in [1.165, 1.54) is 13.8 Å². The van der Waals surface area contributed by atoms with Crippen molar-refractivity contribution in [3.63, 3.8) is 0 Å². The Kier molecular flexibility index (Phi) is 6.07. The van der Waals surface area contributed by atoms with Crippen molar-refractivity contribution in [3.05, 3.63) is 60.3 Å². The number of carbonyl (C=O) groups is 1. The number of carboxylic acid groups (broad SMARTS) is 1. The maximum absolute atomic E-state index is 11.3. The molecule has 0 radical (unpaired) electrons. The summed E-state index contributed by atoms with van der Waals surface area (Å²) in [4.78, 5) is 11.2. The molecule has 0 bridgehead atoms. The highest BCUT2D eigenvalue weighted by molar-refractivity contribution is 7.86. The van der Waals surface area contributed by atoms with Gasteiger partial charge in [-0.15, -0.1) is 0 Å². The molecule has 3 aromatic rings. The number of nitrogens with zero attached hydrogens (tertiary/aromatic N) is 1. The van der Waals surface area contributed by atoms with Crippen molar-refractivity contribution in [2.24, 2.45) is 0 Å². The Balaban J connectivity index is 1.58. The van der Waals surface area contributed by atoms with Crippen LogP contribution in [0.3, 0.4) is 0 Å². The lowest BCUT2D eigenvalue weighted by molar-refractivity contribution is -0.152. The number of aromatic nitrogens is 1. The van der Waals surface area contributed by atoms with Crippen LogP contribution in [0.5, 0.6) is 11.5 Å². The van der Waals surface area contributed by atoms with E-state index in [1.54, 1.807) is 24.3 Å². The Morgan fingerprint density at radius 3 is 2.37 bits per heavy atom. The maximum Gasteiger partial charge on any atom is 0.347 e. The third-order valence-corrected chi connectivity index (χ3v) is 5.16. The van der Waals surface area contributed by atoms with Gasteiger partial charge >= 0.3 is 16.1 Å². The Labute approximate surface area is 176 Å². The monoisotopic (exact) mass is 431 g/mol. The molecular formula is C22H25NO6S. The molecule has 1 aromatic heterocycles. The van der Waals surface area contributed by atoms with E-state index in [0.29, 0.717) is 11.5 Å². The normalized spacial score (nSPS) is 12.1. The summed E-state index contributed by atoms with van der Waals surface area (Å²) in [5.74, 6) is -0.189. The largest absolute Gasteiger partial charge is 0.478 e. The molecule has 30 heavy (non-hydrogen) atoms. The Morgan fingerprint density at radius 2 is 1.73 bits per heavy atom. The van der Waals surface area contributed by atoms with E-state index in [-0.39, 0.29) is 0 Å². The molecule has 0 saturated heterocycles. The van der Waals surface area contributed by atoms with Gasteiger partial charge < -0.3 is 18.6 Å². The average molecular weight is 432 g/mol. The highest BCUT2D eigenvalue weighted by Gasteiger charge is 2.29. The van der Waals surface area contributed by atoms with Crippen molar-refractivity contribution in [1.82, 2.24) is 4.57 Å². The van der Waals surface area contributed by atoms with Gasteiger partial charge in [0.2, 0.25) is 0 Å². The first-order valence-electron chi connectivity index (χ1n) is 9.53. The number of ether oxygens (including phenoxy) is 1. The summed E-state index contributed by atoms with van der Waals surface area (Å²) in [5, 5.41) is 10.1. The van der Waals surface area contributed by atoms with E-state index in [4.69, 9.17) is 14.0 Å². The molecule has 0 fully saturated rings. The van der Waals surface area contributed by atoms with Crippen LogP contribution in [0.4, 0.5) is 0 Å². The third kappa shape index (κ3) is 5.54. The van der Waals surface area contributed by atoms with Crippen molar-refractivity contribution in [2.45, 2.75) is 38.8 Å². The molecule has 0 unspecified atom stereocenters. The standard InChI is InChI=1S/C22H25NO6S/c1-22(2,21(24)25)28-18-8-6-16(7-9-18)5-4-13-23-14-12-17-15-19(10-11-20(17)23)29-30(3,26)27/h6-12,14-15H,4-5,13H2,1-3H3,(H,24,25). The lowest BCUT2D eigenvalue weighted by Gasteiger charge is -2.21. The number of rotatable bonds is 9. The molecule has 8 heteroatoms. The number of benzene rings is 2. The van der Waals surface area contributed by atoms with Crippen LogP contribution in [0.15, 0.2) is 54.7 Å². The SMILES string of the molecule is CC(C)(Oc1ccc(CCCn2ccc3cc(OS(C)(=O)=O)ccc32)cc1)C(=O)O. The quantitative estimate of drug-likeness (QED) is 0.517. The van der Waals surface area contributed by atoms with E-state index in [1.807, 2.05) is 30.5 Å². The zero-order valence-corrected chi connectivity index (χ0v) is 18.0. The molecular weight excluding hydrogens is 406 g/mol. The number of fused-ring (bicyclic) bond motifs is 1. The molecule has 160 valence electrons. The molecule has 0 aliphatic carbocycles. The molecule has 1 heterocycles. The number of aliphatic carboxylic acids is 1. The van der Waals surface area contributed by atoms with Crippen LogP contribution in [0.25, 0.3) is 10.9 Å². The molecule has 3 rings (SSSR count). The lowest BCUT2D eigenvalue weighted by atomic mass is 10.1. The van der Waals surface area contributed by atoms with Gasteiger partial charge in [0, 0.05) is 23.6 Å². The zero-order chi connectivity index (χ0) is 21.9. The number of aryl methyl sites for hydroxylation is 2. The van der Waals surface area contributed by atoms with Gasteiger partial charge in [-0.05, 0) is 68.7 Å². The van der Waals surface area contributed by atoms with Gasteiger partial charge in [0.05, 0.1) is 6.26 Å². The van der Waals surface area contributed by atoms with Crippen LogP contribution < -0.4 is 8.92 Å². The van der Waals surface area contributed by atoms with Crippen LogP contribution in [-0.4, -0.2) is 35.9 Å². The lowest BCUT2D eigenvalue weighted by Crippen LogP contribution is -2.37. The van der Waals surface area contributed by atoms with Gasteiger partial charge in [0.15, 0.2) is 5.60 Å². The van der Waals surface area contributed by atoms with Gasteiger partial charge in [-0.25, -0.2) is 4.79 Å². The molecule has 7 nitrogen and oxygen atoms in total. The summed E-state index contributed by atoms with van der Waals surface area (Å²) >= 11 is 0. The predicted molar refractivity (Wildman–Crippen MR) is 115 cm³/mol. The molecule has 0 amide bonds. The van der Waals surface area contributed by atoms with Gasteiger partial charge in [-0.1, -0.05) is 12.1 Å². The van der Waals surface area contributed by atoms with Crippen molar-refractivity contribution >= 4 is 27.0 Å². The summed E-state index contributed by atoms with van der Waals surface area (Å²) in [6.07, 6.45) is 4.76. The van der Waals surface area contributed by atoms with Crippen molar-refractivity contribution in [1.29, 1.82) is 0 Å². The highest BCUT2D eigenvalue weighted by atomic mass is 32.2. The van der Waals surface area contributed by atoms with E-state index < -0.39 is 21.7 Å². The first kappa shape index (κ1) is 21.7. The molecule has 0 aliphatic heterocycles. The molecule has 0 spiro atoms. The first-order chi connectivity index (χ1) is 14.0. The van der Waals surface area contributed by atoms with E-state index >= 15 is 0 Å². The van der Waals surface area contributed by atoms with Crippen molar-refractivity contribution in [3.8, 4) is 11.5 Å². The first-order valence-corrected chi connectivity index (χ1v) is 11.3. The van der Waals surface area contributed by atoms with Crippen LogP contribution >= 0.6 is 0 Å². The minimum Gasteiger partial charge on any atom is -0.478 e. The molecule has 0 aliphatic rings. The second-order valence-electron chi connectivity index (χ2n) is 7.68. The van der Waals surface area contributed by atoms with E-state index in [0.717, 1.165) is 42.1 Å². The molecule has 0 saturated carbocycles. The smallest absolute Gasteiger partial charge is 0.347 e. The second-order valence-corrected chi connectivity index (χ2v) is 9.26. The molecule has 0 atom stereocenters. The fourth-order valence-electron chi connectivity index (χ4n) is 3.12. The van der Waals surface area contributed by atoms with Gasteiger partial charge in [0.1, 0.15) is 11.5 Å². The van der Waals surface area contributed by atoms with Gasteiger partial charge in [0.25, 0.3) is 0 Å². The van der Waals surface area contributed by atoms with Crippen molar-refractivity contribution < 1.29 is 27.2 Å². The Bertz CT molecular complexity index is 1150. The Morgan fingerprint density at radius 1 is 1.07 bits per heavy atom. The van der Waals surface area contributed by atoms with E-state index in [2.05, 4.69) is 4.57 Å². The number of hydrogen-bond donors (Lipinski definition) is 1. The summed E-state index contributed by atoms with van der Waals surface area (Å²) in [6.45, 7) is 3.84. The van der Waals surface area contributed by atoms with Crippen LogP contribution in [-0.2, 0) is 27.9 Å². The topological polar surface area (TPSA) is 94.8 Å². The summed E-state index contributed by atoms with van der Waals surface area (Å²) in [6, 6.07) is 14.6. The summed E-state index contributed by atoms with van der Waals surface area (Å²) < 4.78 is 35.1. The predicted octanol–water partition coefficient (Wildman–Crippen LogP) is 3.85. The summed E-state index contributed by atoms with van der Waals surface area (Å²) in [7, 11) is -3.55. The van der Waals surface area contributed by atoms with Crippen LogP contribution in [0.2, 0.25) is 0 Å². The maximum atomic E-state index is 11.3.